The van der Waals surface area contributed by atoms with Crippen LogP contribution in [0.2, 0.25) is 10.0 Å². The number of fused-ring (bicyclic) bond motifs is 3. The topological polar surface area (TPSA) is 127 Å². The first-order valence-corrected chi connectivity index (χ1v) is 23.8. The van der Waals surface area contributed by atoms with E-state index < -0.39 is 0 Å². The van der Waals surface area contributed by atoms with Crippen molar-refractivity contribution < 1.29 is 0 Å². The Labute approximate surface area is 407 Å². The molecule has 0 spiro atoms. The zero-order valence-corrected chi connectivity index (χ0v) is 41.2. The number of pyridine rings is 1. The zero-order valence-electron chi connectivity index (χ0n) is 38.0. The van der Waals surface area contributed by atoms with E-state index >= 15 is 0 Å². The Kier molecular flexibility index (Phi) is 12.6. The number of anilines is 6. The minimum Gasteiger partial charge on any atom is -0.338 e. The van der Waals surface area contributed by atoms with Gasteiger partial charge in [-0.1, -0.05) is 118 Å². The summed E-state index contributed by atoms with van der Waals surface area (Å²) >= 11 is 15.8. The molecule has 6 aromatic carbocycles. The predicted octanol–water partition coefficient (Wildman–Crippen LogP) is 16.2. The van der Waals surface area contributed by atoms with Crippen LogP contribution in [0.25, 0.3) is 31.2 Å². The molecule has 0 atom stereocenters. The number of aromatic nitrogens is 3. The van der Waals surface area contributed by atoms with E-state index in [4.69, 9.17) is 48.4 Å². The van der Waals surface area contributed by atoms with Crippen molar-refractivity contribution in [1.29, 1.82) is 5.26 Å². The summed E-state index contributed by atoms with van der Waals surface area (Å²) in [7, 11) is 1.67. The van der Waals surface area contributed by atoms with Crippen molar-refractivity contribution in [3.05, 3.63) is 175 Å². The zero-order chi connectivity index (χ0) is 47.1. The summed E-state index contributed by atoms with van der Waals surface area (Å²) in [6.07, 6.45) is 0. The van der Waals surface area contributed by atoms with Crippen LogP contribution in [0.1, 0.15) is 44.5 Å². The summed E-state index contributed by atoms with van der Waals surface area (Å²) in [5, 5.41) is 32.5. The van der Waals surface area contributed by atoms with Gasteiger partial charge in [0.15, 0.2) is 21.9 Å². The standard InChI is InChI=1S/C53H44Cl2N10S2/c1-28-19-30(3)46(31(4)20-28)61-51-47(32(5)23-45(60-51)65(49-33(6)21-29(2)22-34(49)7)53-59-42-26-39(55)16-18-44(42)67-53)63-64-50(62-52-58-41-25-38(54)15-17-43(41)66-52)40(27-56)48(57-8)37-14-13-35-11-9-10-12-36(35)24-37/h9-26H,1-8H3,(H,58,62)(H,60,61)/b50-40+,57-48-,64-63+. The van der Waals surface area contributed by atoms with Gasteiger partial charge >= 0.3 is 0 Å². The molecular weight excluding hydrogens is 912 g/mol. The molecule has 0 fully saturated rings. The molecule has 10 nitrogen and oxygen atoms in total. The van der Waals surface area contributed by atoms with Crippen LogP contribution in [0, 0.1) is 59.8 Å². The number of rotatable bonds is 11. The average Bonchev–Trinajstić information content (AvgIpc) is 3.89. The third kappa shape index (κ3) is 9.24. The second kappa shape index (κ2) is 18.7. The van der Waals surface area contributed by atoms with Crippen LogP contribution in [-0.2, 0) is 0 Å². The van der Waals surface area contributed by atoms with Crippen molar-refractivity contribution in [2.24, 2.45) is 15.2 Å². The lowest BCUT2D eigenvalue weighted by Gasteiger charge is -2.27. The minimum atomic E-state index is 0.152. The highest BCUT2D eigenvalue weighted by atomic mass is 35.5. The Hall–Kier alpha value is -7.01. The van der Waals surface area contributed by atoms with Gasteiger partial charge in [0.25, 0.3) is 0 Å². The quantitative estimate of drug-likeness (QED) is 0.0751. The third-order valence-corrected chi connectivity index (χ3v) is 13.8. The van der Waals surface area contributed by atoms with Crippen LogP contribution in [0.5, 0.6) is 0 Å². The number of aliphatic imine (C=N–C) groups is 1. The molecule has 9 rings (SSSR count). The molecule has 14 heteroatoms. The number of nitriles is 1. The molecular formula is C53H44Cl2N10S2. The number of benzene rings is 6. The van der Waals surface area contributed by atoms with Crippen LogP contribution in [-0.4, -0.2) is 27.7 Å². The van der Waals surface area contributed by atoms with Gasteiger partial charge in [0.1, 0.15) is 23.1 Å². The summed E-state index contributed by atoms with van der Waals surface area (Å²) in [4.78, 5) is 22.2. The van der Waals surface area contributed by atoms with Gasteiger partial charge in [-0.2, -0.15) is 5.26 Å². The van der Waals surface area contributed by atoms with E-state index in [2.05, 4.69) is 92.4 Å². The molecule has 9 aromatic rings. The monoisotopic (exact) mass is 954 g/mol. The maximum Gasteiger partial charge on any atom is 0.196 e. The molecule has 0 unspecified atom stereocenters. The van der Waals surface area contributed by atoms with E-state index in [0.29, 0.717) is 43.7 Å². The lowest BCUT2D eigenvalue weighted by atomic mass is 9.99. The van der Waals surface area contributed by atoms with Crippen molar-refractivity contribution in [3.63, 3.8) is 0 Å². The molecule has 0 aliphatic rings. The van der Waals surface area contributed by atoms with E-state index in [0.717, 1.165) is 86.7 Å². The van der Waals surface area contributed by atoms with Crippen molar-refractivity contribution in [3.8, 4) is 6.07 Å². The second-order valence-electron chi connectivity index (χ2n) is 16.5. The van der Waals surface area contributed by atoms with Crippen LogP contribution in [0.4, 0.5) is 39.0 Å². The molecule has 0 aliphatic carbocycles. The number of allylic oxidation sites excluding steroid dienone is 1. The number of nitrogens with one attached hydrogen (secondary N) is 2. The largest absolute Gasteiger partial charge is 0.338 e. The van der Waals surface area contributed by atoms with Gasteiger partial charge < -0.3 is 10.6 Å². The first-order valence-electron chi connectivity index (χ1n) is 21.4. The lowest BCUT2D eigenvalue weighted by molar-refractivity contribution is 1.08. The summed E-state index contributed by atoms with van der Waals surface area (Å²) in [5.41, 5.74) is 12.5. The molecule has 0 bridgehead atoms. The highest BCUT2D eigenvalue weighted by Gasteiger charge is 2.26. The van der Waals surface area contributed by atoms with E-state index in [1.165, 1.54) is 11.3 Å². The van der Waals surface area contributed by atoms with E-state index in [-0.39, 0.29) is 11.4 Å². The van der Waals surface area contributed by atoms with Gasteiger partial charge in [0.05, 0.1) is 31.8 Å². The number of hydrogen-bond acceptors (Lipinski definition) is 12. The second-order valence-corrected chi connectivity index (χ2v) is 19.4. The first kappa shape index (κ1) is 45.2. The van der Waals surface area contributed by atoms with E-state index in [1.54, 1.807) is 24.5 Å². The van der Waals surface area contributed by atoms with Gasteiger partial charge in [0.2, 0.25) is 0 Å². The molecule has 332 valence electrons. The average molecular weight is 956 g/mol. The summed E-state index contributed by atoms with van der Waals surface area (Å²) in [5.74, 6) is 1.23. The molecule has 0 amide bonds. The van der Waals surface area contributed by atoms with Gasteiger partial charge in [-0.05, 0) is 136 Å². The number of azo groups is 1. The summed E-state index contributed by atoms with van der Waals surface area (Å²) in [6, 6.07) is 38.4. The van der Waals surface area contributed by atoms with Gasteiger partial charge in [0, 0.05) is 28.3 Å². The Balaban J connectivity index is 1.26. The number of hydrogen-bond donors (Lipinski definition) is 2. The molecule has 0 aliphatic heterocycles. The molecule has 2 N–H and O–H groups in total. The van der Waals surface area contributed by atoms with Crippen molar-refractivity contribution >= 4 is 122 Å². The molecule has 0 radical (unpaired) electrons. The number of nitrogens with zero attached hydrogens (tertiary/aromatic N) is 8. The van der Waals surface area contributed by atoms with Crippen LogP contribution in [0.15, 0.2) is 136 Å². The number of thiazole rings is 2. The van der Waals surface area contributed by atoms with Gasteiger partial charge in [-0.25, -0.2) is 15.0 Å². The number of halogens is 2. The van der Waals surface area contributed by atoms with Gasteiger partial charge in [-0.15, -0.1) is 10.2 Å². The summed E-state index contributed by atoms with van der Waals surface area (Å²) in [6.45, 7) is 14.5. The smallest absolute Gasteiger partial charge is 0.196 e. The predicted molar refractivity (Wildman–Crippen MR) is 282 cm³/mol. The SMILES string of the molecule is C\N=C(/C(C#N)=C(/N=N/c1c(C)cc(N(c2nc3cc(Cl)ccc3s2)c2c(C)cc(C)cc2C)nc1Nc1c(C)cc(C)cc1C)Nc1nc2cc(Cl)ccc2s1)c1ccc2ccccc2c1. The third-order valence-electron chi connectivity index (χ3n) is 11.4. The highest BCUT2D eigenvalue weighted by Crippen LogP contribution is 2.45. The Morgan fingerprint density at radius 1 is 0.672 bits per heavy atom. The van der Waals surface area contributed by atoms with Crippen molar-refractivity contribution in [2.45, 2.75) is 48.5 Å². The van der Waals surface area contributed by atoms with E-state index in [1.807, 2.05) is 85.8 Å². The first-order chi connectivity index (χ1) is 32.3. The molecule has 0 saturated carbocycles. The van der Waals surface area contributed by atoms with E-state index in [9.17, 15) is 5.26 Å². The van der Waals surface area contributed by atoms with Crippen LogP contribution < -0.4 is 15.5 Å². The van der Waals surface area contributed by atoms with Crippen molar-refractivity contribution in [1.82, 2.24) is 15.0 Å². The Morgan fingerprint density at radius 2 is 1.30 bits per heavy atom. The molecule has 3 heterocycles. The fourth-order valence-corrected chi connectivity index (χ4v) is 10.7. The fourth-order valence-electron chi connectivity index (χ4n) is 8.52. The molecule has 0 saturated heterocycles. The van der Waals surface area contributed by atoms with Crippen molar-refractivity contribution in [2.75, 3.05) is 22.6 Å². The summed E-state index contributed by atoms with van der Waals surface area (Å²) < 4.78 is 1.90. The van der Waals surface area contributed by atoms with Crippen LogP contribution in [0.3, 0.4) is 0 Å². The van der Waals surface area contributed by atoms with Gasteiger partial charge in [-0.3, -0.25) is 9.89 Å². The maximum absolute atomic E-state index is 11.0. The molecule has 67 heavy (non-hydrogen) atoms. The maximum atomic E-state index is 11.0. The van der Waals surface area contributed by atoms with Crippen LogP contribution >= 0.6 is 45.9 Å². The Morgan fingerprint density at radius 3 is 1.96 bits per heavy atom. The Bertz CT molecular complexity index is 3530. The molecule has 3 aromatic heterocycles. The normalized spacial score (nSPS) is 12.3. The lowest BCUT2D eigenvalue weighted by Crippen LogP contribution is -2.15. The highest BCUT2D eigenvalue weighted by molar-refractivity contribution is 7.22. The minimum absolute atomic E-state index is 0.152. The fraction of sp³-hybridized carbons (Fsp3) is 0.151. The number of aryl methyl sites for hydroxylation is 7.